The average Bonchev–Trinajstić information content (AvgIpc) is 1.98. The third-order valence-electron chi connectivity index (χ3n) is 2.84. The van der Waals surface area contributed by atoms with Crippen LogP contribution in [0.5, 0.6) is 0 Å². The van der Waals surface area contributed by atoms with Crippen molar-refractivity contribution in [2.24, 2.45) is 16.7 Å². The first-order chi connectivity index (χ1) is 7.01. The molecule has 0 aliphatic heterocycles. The fourth-order valence-electron chi connectivity index (χ4n) is 2.09. The van der Waals surface area contributed by atoms with Crippen molar-refractivity contribution in [3.8, 4) is 0 Å². The minimum absolute atomic E-state index is 0.208. The zero-order valence-electron chi connectivity index (χ0n) is 10.7. The second-order valence-corrected chi connectivity index (χ2v) is 5.92. The van der Waals surface area contributed by atoms with Gasteiger partial charge in [-0.15, -0.1) is 0 Å². The summed E-state index contributed by atoms with van der Waals surface area (Å²) < 4.78 is 0. The Morgan fingerprint density at radius 1 is 1.12 bits per heavy atom. The summed E-state index contributed by atoms with van der Waals surface area (Å²) in [4.78, 5) is 22.3. The van der Waals surface area contributed by atoms with Gasteiger partial charge in [0.2, 0.25) is 0 Å². The van der Waals surface area contributed by atoms with E-state index in [9.17, 15) is 14.7 Å². The molecule has 0 rings (SSSR count). The van der Waals surface area contributed by atoms with E-state index in [2.05, 4.69) is 0 Å². The normalized spacial score (nSPS) is 15.9. The largest absolute Gasteiger partial charge is 0.481 e. The van der Waals surface area contributed by atoms with Crippen LogP contribution in [0.4, 0.5) is 0 Å². The summed E-state index contributed by atoms with van der Waals surface area (Å²) >= 11 is 0. The highest BCUT2D eigenvalue weighted by Crippen LogP contribution is 2.42. The minimum Gasteiger partial charge on any atom is -0.481 e. The van der Waals surface area contributed by atoms with Crippen LogP contribution in [0.25, 0.3) is 0 Å². The second-order valence-electron chi connectivity index (χ2n) is 5.92. The van der Waals surface area contributed by atoms with Gasteiger partial charge in [-0.3, -0.25) is 9.59 Å². The molecule has 0 aromatic heterocycles. The van der Waals surface area contributed by atoms with Gasteiger partial charge >= 0.3 is 11.9 Å². The summed E-state index contributed by atoms with van der Waals surface area (Å²) in [5.74, 6) is -2.28. The summed E-state index contributed by atoms with van der Waals surface area (Å²) in [5.41, 5.74) is -1.39. The number of carbonyl (C=O) groups is 2. The van der Waals surface area contributed by atoms with Gasteiger partial charge in [-0.05, 0) is 17.8 Å². The monoisotopic (exact) mass is 230 g/mol. The highest BCUT2D eigenvalue weighted by atomic mass is 16.4. The topological polar surface area (TPSA) is 74.6 Å². The predicted molar refractivity (Wildman–Crippen MR) is 61.2 cm³/mol. The molecule has 0 saturated heterocycles. The summed E-state index contributed by atoms with van der Waals surface area (Å²) in [7, 11) is 0. The van der Waals surface area contributed by atoms with E-state index in [1.54, 1.807) is 13.8 Å². The van der Waals surface area contributed by atoms with E-state index < -0.39 is 17.4 Å². The Hall–Kier alpha value is -1.06. The molecule has 16 heavy (non-hydrogen) atoms. The lowest BCUT2D eigenvalue weighted by Crippen LogP contribution is -2.41. The van der Waals surface area contributed by atoms with Gasteiger partial charge in [0.15, 0.2) is 0 Å². The molecule has 94 valence electrons. The molecule has 0 amide bonds. The van der Waals surface area contributed by atoms with Crippen molar-refractivity contribution in [3.05, 3.63) is 0 Å². The minimum atomic E-state index is -1.18. The number of hydrogen-bond donors (Lipinski definition) is 2. The first kappa shape index (κ1) is 14.9. The van der Waals surface area contributed by atoms with E-state index >= 15 is 0 Å². The molecule has 0 aromatic carbocycles. The van der Waals surface area contributed by atoms with Crippen LogP contribution in [0.1, 0.15) is 47.5 Å². The van der Waals surface area contributed by atoms with Crippen molar-refractivity contribution in [1.29, 1.82) is 0 Å². The van der Waals surface area contributed by atoms with Gasteiger partial charge in [0, 0.05) is 0 Å². The van der Waals surface area contributed by atoms with Crippen molar-refractivity contribution >= 4 is 11.9 Å². The van der Waals surface area contributed by atoms with Crippen LogP contribution in [-0.4, -0.2) is 22.2 Å². The maximum absolute atomic E-state index is 11.4. The third-order valence-corrected chi connectivity index (χ3v) is 2.84. The maximum atomic E-state index is 11.4. The molecule has 0 fully saturated rings. The van der Waals surface area contributed by atoms with E-state index in [4.69, 9.17) is 5.11 Å². The van der Waals surface area contributed by atoms with Gasteiger partial charge in [-0.1, -0.05) is 34.6 Å². The fraction of sp³-hybridized carbons (Fsp3) is 0.833. The third kappa shape index (κ3) is 3.83. The van der Waals surface area contributed by atoms with Crippen LogP contribution >= 0.6 is 0 Å². The molecule has 0 aromatic rings. The van der Waals surface area contributed by atoms with Crippen LogP contribution in [-0.2, 0) is 9.59 Å². The zero-order valence-corrected chi connectivity index (χ0v) is 10.7. The van der Waals surface area contributed by atoms with E-state index in [0.29, 0.717) is 6.42 Å². The Kier molecular flexibility index (Phi) is 4.53. The summed E-state index contributed by atoms with van der Waals surface area (Å²) in [6, 6.07) is 0. The summed E-state index contributed by atoms with van der Waals surface area (Å²) in [5, 5.41) is 18.2. The number of carboxylic acids is 2. The first-order valence-electron chi connectivity index (χ1n) is 5.46. The SMILES string of the molecule is CC(C)C(CC(=O)O)(CC(C)(C)C)C(=O)O. The van der Waals surface area contributed by atoms with E-state index in [1.165, 1.54) is 0 Å². The lowest BCUT2D eigenvalue weighted by molar-refractivity contribution is -0.161. The molecule has 0 aliphatic carbocycles. The fourth-order valence-corrected chi connectivity index (χ4v) is 2.09. The van der Waals surface area contributed by atoms with Crippen LogP contribution in [0, 0.1) is 16.7 Å². The maximum Gasteiger partial charge on any atom is 0.310 e. The van der Waals surface area contributed by atoms with Crippen molar-refractivity contribution in [3.63, 3.8) is 0 Å². The molecule has 0 saturated carbocycles. The van der Waals surface area contributed by atoms with Gasteiger partial charge < -0.3 is 10.2 Å². The van der Waals surface area contributed by atoms with Gasteiger partial charge in [0.05, 0.1) is 11.8 Å². The van der Waals surface area contributed by atoms with E-state index in [0.717, 1.165) is 0 Å². The van der Waals surface area contributed by atoms with Crippen molar-refractivity contribution in [1.82, 2.24) is 0 Å². The van der Waals surface area contributed by atoms with Gasteiger partial charge in [0.25, 0.3) is 0 Å². The van der Waals surface area contributed by atoms with Crippen molar-refractivity contribution in [2.45, 2.75) is 47.5 Å². The van der Waals surface area contributed by atoms with Crippen LogP contribution in [0.2, 0.25) is 0 Å². The molecule has 0 bridgehead atoms. The molecule has 2 N–H and O–H groups in total. The van der Waals surface area contributed by atoms with Gasteiger partial charge in [-0.25, -0.2) is 0 Å². The lowest BCUT2D eigenvalue weighted by Gasteiger charge is -2.37. The van der Waals surface area contributed by atoms with Crippen molar-refractivity contribution in [2.75, 3.05) is 0 Å². The number of hydrogen-bond acceptors (Lipinski definition) is 2. The zero-order chi connectivity index (χ0) is 13.1. The highest BCUT2D eigenvalue weighted by molar-refractivity contribution is 5.81. The molecule has 0 aliphatic rings. The average molecular weight is 230 g/mol. The molecular weight excluding hydrogens is 208 g/mol. The molecule has 4 heteroatoms. The van der Waals surface area contributed by atoms with E-state index in [1.807, 2.05) is 20.8 Å². The predicted octanol–water partition coefficient (Wildman–Crippen LogP) is 2.62. The molecule has 0 spiro atoms. The summed E-state index contributed by atoms with van der Waals surface area (Å²) in [6.07, 6.45) is 0.0383. The summed E-state index contributed by atoms with van der Waals surface area (Å²) in [6.45, 7) is 9.31. The molecule has 1 atom stereocenters. The Morgan fingerprint density at radius 3 is 1.75 bits per heavy atom. The highest BCUT2D eigenvalue weighted by Gasteiger charge is 2.46. The first-order valence-corrected chi connectivity index (χ1v) is 5.46. The van der Waals surface area contributed by atoms with Crippen molar-refractivity contribution < 1.29 is 19.8 Å². The quantitative estimate of drug-likeness (QED) is 0.761. The standard InChI is InChI=1S/C12H22O4/c1-8(2)12(10(15)16,6-9(13)14)7-11(3,4)5/h8H,6-7H2,1-5H3,(H,13,14)(H,15,16). The number of carboxylic acid groups (broad SMARTS) is 2. The Labute approximate surface area is 96.7 Å². The molecule has 0 heterocycles. The van der Waals surface area contributed by atoms with Crippen LogP contribution < -0.4 is 0 Å². The van der Waals surface area contributed by atoms with E-state index in [-0.39, 0.29) is 17.8 Å². The Morgan fingerprint density at radius 2 is 1.56 bits per heavy atom. The number of aliphatic carboxylic acids is 2. The smallest absolute Gasteiger partial charge is 0.310 e. The Bertz CT molecular complexity index is 275. The Balaban J connectivity index is 5.27. The lowest BCUT2D eigenvalue weighted by atomic mass is 9.65. The van der Waals surface area contributed by atoms with Gasteiger partial charge in [0.1, 0.15) is 0 Å². The van der Waals surface area contributed by atoms with Crippen LogP contribution in [0.3, 0.4) is 0 Å². The molecular formula is C12H22O4. The van der Waals surface area contributed by atoms with Gasteiger partial charge in [-0.2, -0.15) is 0 Å². The van der Waals surface area contributed by atoms with Crippen LogP contribution in [0.15, 0.2) is 0 Å². The second kappa shape index (κ2) is 4.85. The molecule has 1 unspecified atom stereocenters. The molecule has 4 nitrogen and oxygen atoms in total. The molecule has 0 radical (unpaired) electrons. The number of rotatable bonds is 5.